The summed E-state index contributed by atoms with van der Waals surface area (Å²) in [5.41, 5.74) is 2.25. The Morgan fingerprint density at radius 1 is 1.05 bits per heavy atom. The number of imide groups is 1. The second-order valence-electron chi connectivity index (χ2n) is 10.1. The normalized spacial score (nSPS) is 18.9. The summed E-state index contributed by atoms with van der Waals surface area (Å²) in [6.07, 6.45) is 0. The Kier molecular flexibility index (Phi) is 7.69. The first-order chi connectivity index (χ1) is 21.2. The maximum atomic E-state index is 13.9. The van der Waals surface area contributed by atoms with Crippen LogP contribution in [0.1, 0.15) is 21.9 Å². The third-order valence-corrected chi connectivity index (χ3v) is 9.87. The maximum Gasteiger partial charge on any atom is 0.305 e. The number of nitro benzene ring substituents is 1. The number of non-ortho nitro benzene ring substituents is 1. The van der Waals surface area contributed by atoms with Crippen LogP contribution in [0.4, 0.5) is 17.1 Å². The van der Waals surface area contributed by atoms with E-state index in [1.807, 2.05) is 25.1 Å². The average molecular weight is 633 g/mol. The van der Waals surface area contributed by atoms with Gasteiger partial charge in [-0.2, -0.15) is 0 Å². The van der Waals surface area contributed by atoms with Gasteiger partial charge in [0.15, 0.2) is 18.1 Å². The first kappa shape index (κ1) is 29.1. The maximum absolute atomic E-state index is 13.9. The van der Waals surface area contributed by atoms with Crippen molar-refractivity contribution in [3.05, 3.63) is 103 Å². The van der Waals surface area contributed by atoms with Crippen molar-refractivity contribution in [2.75, 3.05) is 23.9 Å². The number of aromatic amines is 1. The van der Waals surface area contributed by atoms with Crippen LogP contribution in [0.3, 0.4) is 0 Å². The predicted molar refractivity (Wildman–Crippen MR) is 164 cm³/mol. The molecule has 0 radical (unpaired) electrons. The van der Waals surface area contributed by atoms with Gasteiger partial charge in [0.25, 0.3) is 11.6 Å². The lowest BCUT2D eigenvalue weighted by molar-refractivity contribution is -0.384. The minimum Gasteiger partial charge on any atom is -0.493 e. The first-order valence-corrected chi connectivity index (χ1v) is 15.0. The summed E-state index contributed by atoms with van der Waals surface area (Å²) in [4.78, 5) is 67.2. The van der Waals surface area contributed by atoms with Crippen molar-refractivity contribution in [3.63, 3.8) is 0 Å². The largest absolute Gasteiger partial charge is 0.493 e. The van der Waals surface area contributed by atoms with E-state index >= 15 is 0 Å². The summed E-state index contributed by atoms with van der Waals surface area (Å²) >= 11 is 2.09. The molecule has 1 saturated heterocycles. The zero-order valence-electron chi connectivity index (χ0n) is 23.3. The van der Waals surface area contributed by atoms with Crippen LogP contribution in [-0.2, 0) is 14.4 Å². The summed E-state index contributed by atoms with van der Waals surface area (Å²) < 4.78 is 11.3. The van der Waals surface area contributed by atoms with Crippen LogP contribution >= 0.6 is 23.1 Å². The molecule has 4 aromatic rings. The zero-order valence-corrected chi connectivity index (χ0v) is 24.9. The summed E-state index contributed by atoms with van der Waals surface area (Å²) in [7, 11) is 1.44. The number of nitrogens with one attached hydrogen (secondary N) is 2. The molecule has 14 heteroatoms. The molecule has 224 valence electrons. The number of thiazole rings is 1. The number of rotatable bonds is 8. The average Bonchev–Trinajstić information content (AvgIpc) is 3.51. The summed E-state index contributed by atoms with van der Waals surface area (Å²) in [6, 6.07) is 17.6. The number of carbonyl (C=O) groups is 3. The van der Waals surface area contributed by atoms with Gasteiger partial charge in [-0.05, 0) is 48.4 Å². The van der Waals surface area contributed by atoms with Gasteiger partial charge in [-0.1, -0.05) is 47.4 Å². The van der Waals surface area contributed by atoms with E-state index in [-0.39, 0.29) is 28.8 Å². The Morgan fingerprint density at radius 2 is 1.80 bits per heavy atom. The standard InChI is InChI=1S/C30H24N4O8S2/c1-15-5-3-4-6-19(15)31-22(35)14-42-20-12-7-16(13-21(20)41-2)23-24-26(43-27-25(23)44-30(38)32-27)29(37)33(28(24)36)17-8-10-18(11-9-17)34(39)40/h3-13,23-24,26H,14H2,1-2H3,(H,31,35)(H,32,38). The van der Waals surface area contributed by atoms with Crippen molar-refractivity contribution in [3.8, 4) is 11.5 Å². The van der Waals surface area contributed by atoms with Gasteiger partial charge in [0, 0.05) is 28.6 Å². The van der Waals surface area contributed by atoms with Crippen molar-refractivity contribution in [1.29, 1.82) is 0 Å². The molecule has 3 heterocycles. The number of nitro groups is 1. The molecule has 0 spiro atoms. The van der Waals surface area contributed by atoms with Crippen molar-refractivity contribution in [2.45, 2.75) is 23.1 Å². The summed E-state index contributed by atoms with van der Waals surface area (Å²) in [5, 5.41) is 13.6. The fourth-order valence-corrected chi connectivity index (χ4v) is 7.91. The van der Waals surface area contributed by atoms with Crippen LogP contribution in [0.5, 0.6) is 11.5 Å². The molecular weight excluding hydrogens is 608 g/mol. The van der Waals surface area contributed by atoms with Crippen LogP contribution in [0.25, 0.3) is 0 Å². The molecule has 0 aliphatic carbocycles. The van der Waals surface area contributed by atoms with E-state index in [4.69, 9.17) is 9.47 Å². The SMILES string of the molecule is COc1cc(C2c3sc(=O)[nH]c3SC3C(=O)N(c4ccc([N+](=O)[O-])cc4)C(=O)C32)ccc1OCC(=O)Nc1ccccc1C. The minimum absolute atomic E-state index is 0.167. The monoisotopic (exact) mass is 632 g/mol. The number of thioether (sulfide) groups is 1. The van der Waals surface area contributed by atoms with Crippen LogP contribution in [0, 0.1) is 23.0 Å². The topological polar surface area (TPSA) is 161 Å². The van der Waals surface area contributed by atoms with Crippen LogP contribution < -0.4 is 24.6 Å². The molecule has 3 atom stereocenters. The third kappa shape index (κ3) is 5.22. The third-order valence-electron chi connectivity index (χ3n) is 7.47. The minimum atomic E-state index is -0.863. The molecule has 2 aliphatic heterocycles. The van der Waals surface area contributed by atoms with Gasteiger partial charge in [-0.15, -0.1) is 0 Å². The van der Waals surface area contributed by atoms with E-state index in [0.29, 0.717) is 32.7 Å². The second kappa shape index (κ2) is 11.6. The van der Waals surface area contributed by atoms with E-state index in [2.05, 4.69) is 10.3 Å². The molecule has 1 aromatic heterocycles. The molecule has 0 bridgehead atoms. The molecule has 0 saturated carbocycles. The number of nitrogens with zero attached hydrogens (tertiary/aromatic N) is 2. The van der Waals surface area contributed by atoms with Gasteiger partial charge in [0.1, 0.15) is 5.25 Å². The van der Waals surface area contributed by atoms with Crippen molar-refractivity contribution < 1.29 is 28.8 Å². The van der Waals surface area contributed by atoms with E-state index in [1.54, 1.807) is 24.3 Å². The molecule has 3 aromatic carbocycles. The lowest BCUT2D eigenvalue weighted by Gasteiger charge is -2.30. The molecule has 3 unspecified atom stereocenters. The molecular formula is C30H24N4O8S2. The number of amides is 3. The fourth-order valence-electron chi connectivity index (χ4n) is 5.39. The number of benzene rings is 3. The van der Waals surface area contributed by atoms with Gasteiger partial charge in [0.05, 0.1) is 28.7 Å². The van der Waals surface area contributed by atoms with Gasteiger partial charge in [-0.25, -0.2) is 4.90 Å². The Bertz CT molecular complexity index is 1870. The van der Waals surface area contributed by atoms with E-state index in [1.165, 1.54) is 31.4 Å². The number of carbonyl (C=O) groups excluding carboxylic acids is 3. The van der Waals surface area contributed by atoms with E-state index in [0.717, 1.165) is 33.6 Å². The lowest BCUT2D eigenvalue weighted by atomic mass is 9.83. The zero-order chi connectivity index (χ0) is 31.1. The molecule has 44 heavy (non-hydrogen) atoms. The number of aryl methyl sites for hydroxylation is 1. The number of H-pyrrole nitrogens is 1. The predicted octanol–water partition coefficient (Wildman–Crippen LogP) is 4.47. The van der Waals surface area contributed by atoms with Crippen LogP contribution in [0.15, 0.2) is 76.6 Å². The van der Waals surface area contributed by atoms with Gasteiger partial charge in [0.2, 0.25) is 11.8 Å². The number of fused-ring (bicyclic) bond motifs is 2. The molecule has 2 aliphatic rings. The number of methoxy groups -OCH3 is 1. The molecule has 1 fully saturated rings. The Balaban J connectivity index is 1.30. The Labute approximate surface area is 258 Å². The first-order valence-electron chi connectivity index (χ1n) is 13.3. The van der Waals surface area contributed by atoms with Gasteiger partial charge >= 0.3 is 4.87 Å². The van der Waals surface area contributed by atoms with E-state index in [9.17, 15) is 29.3 Å². The van der Waals surface area contributed by atoms with Gasteiger partial charge in [-0.3, -0.25) is 29.3 Å². The highest BCUT2D eigenvalue weighted by molar-refractivity contribution is 8.00. The molecule has 2 N–H and O–H groups in total. The second-order valence-corrected chi connectivity index (χ2v) is 12.3. The smallest absolute Gasteiger partial charge is 0.305 e. The number of hydrogen-bond acceptors (Lipinski definition) is 10. The van der Waals surface area contributed by atoms with Crippen LogP contribution in [-0.4, -0.2) is 46.6 Å². The van der Waals surface area contributed by atoms with Crippen LogP contribution in [0.2, 0.25) is 0 Å². The number of anilines is 2. The molecule has 6 rings (SSSR count). The van der Waals surface area contributed by atoms with Crippen molar-refractivity contribution in [1.82, 2.24) is 4.98 Å². The number of aromatic nitrogens is 1. The highest BCUT2D eigenvalue weighted by Crippen LogP contribution is 2.53. The Hall–Kier alpha value is -4.95. The van der Waals surface area contributed by atoms with Gasteiger partial charge < -0.3 is 19.8 Å². The Morgan fingerprint density at radius 3 is 2.50 bits per heavy atom. The van der Waals surface area contributed by atoms with Crippen molar-refractivity contribution >= 4 is 57.9 Å². The number of ether oxygens (including phenoxy) is 2. The molecule has 12 nitrogen and oxygen atoms in total. The highest BCUT2D eigenvalue weighted by atomic mass is 32.2. The molecule has 3 amide bonds. The summed E-state index contributed by atoms with van der Waals surface area (Å²) in [5.74, 6) is -2.26. The number of para-hydroxylation sites is 1. The summed E-state index contributed by atoms with van der Waals surface area (Å²) in [6.45, 7) is 1.60. The fraction of sp³-hybridized carbons (Fsp3) is 0.200. The highest BCUT2D eigenvalue weighted by Gasteiger charge is 2.56. The lowest BCUT2D eigenvalue weighted by Crippen LogP contribution is -2.32. The van der Waals surface area contributed by atoms with E-state index < -0.39 is 33.8 Å². The quantitative estimate of drug-likeness (QED) is 0.162. The van der Waals surface area contributed by atoms with Crippen molar-refractivity contribution in [2.24, 2.45) is 5.92 Å². The number of hydrogen-bond donors (Lipinski definition) is 2.